The van der Waals surface area contributed by atoms with Gasteiger partial charge in [0.15, 0.2) is 11.2 Å². The maximum Gasteiger partial charge on any atom is 0.245 e. The Morgan fingerprint density at radius 1 is 1.21 bits per heavy atom. The van der Waals surface area contributed by atoms with E-state index in [9.17, 15) is 0 Å². The molecule has 3 rings (SSSR count). The molecule has 0 amide bonds. The number of benzene rings is 1. The summed E-state index contributed by atoms with van der Waals surface area (Å²) in [7, 11) is 1.54. The lowest BCUT2D eigenvalue weighted by Crippen LogP contribution is -2.01. The Kier molecular flexibility index (Phi) is 2.97. The third kappa shape index (κ3) is 1.99. The van der Waals surface area contributed by atoms with Gasteiger partial charge in [0.2, 0.25) is 11.8 Å². The number of fused-ring (bicyclic) bond motifs is 1. The summed E-state index contributed by atoms with van der Waals surface area (Å²) >= 11 is 2.25. The molecule has 7 heteroatoms. The lowest BCUT2D eigenvalue weighted by molar-refractivity contribution is 0.401. The number of nitrogen functional groups attached to an aromatic ring is 1. The standard InChI is InChI=1S/C12H10IN5O/c1-19-11-9-10(15-6-16-11)18(12(14)17-9)8-4-2-7(13)3-5-8/h2-6H,1H3,(H2,14,17). The van der Waals surface area contributed by atoms with Crippen molar-refractivity contribution >= 4 is 39.7 Å². The first-order valence-electron chi connectivity index (χ1n) is 5.49. The fraction of sp³-hybridized carbons (Fsp3) is 0.0833. The fourth-order valence-electron chi connectivity index (χ4n) is 1.88. The molecular weight excluding hydrogens is 357 g/mol. The lowest BCUT2D eigenvalue weighted by Gasteiger charge is -2.05. The van der Waals surface area contributed by atoms with Crippen molar-refractivity contribution in [3.8, 4) is 11.6 Å². The zero-order valence-electron chi connectivity index (χ0n) is 10.0. The van der Waals surface area contributed by atoms with Gasteiger partial charge >= 0.3 is 0 Å². The molecular formula is C12H10IN5O. The Morgan fingerprint density at radius 2 is 1.95 bits per heavy atom. The van der Waals surface area contributed by atoms with E-state index in [4.69, 9.17) is 10.5 Å². The second kappa shape index (κ2) is 4.65. The average molecular weight is 367 g/mol. The van der Waals surface area contributed by atoms with E-state index in [0.717, 1.165) is 9.26 Å². The molecule has 2 aromatic heterocycles. The summed E-state index contributed by atoms with van der Waals surface area (Å²) in [5, 5.41) is 0. The number of nitrogens with zero attached hydrogens (tertiary/aromatic N) is 4. The van der Waals surface area contributed by atoms with Crippen molar-refractivity contribution in [3.63, 3.8) is 0 Å². The third-order valence-electron chi connectivity index (χ3n) is 2.71. The van der Waals surface area contributed by atoms with Gasteiger partial charge in [-0.25, -0.2) is 9.97 Å². The van der Waals surface area contributed by atoms with E-state index < -0.39 is 0 Å². The number of rotatable bonds is 2. The zero-order chi connectivity index (χ0) is 13.4. The number of halogens is 1. The molecule has 0 fully saturated rings. The van der Waals surface area contributed by atoms with Crippen molar-refractivity contribution < 1.29 is 4.74 Å². The molecule has 6 nitrogen and oxygen atoms in total. The first-order valence-corrected chi connectivity index (χ1v) is 6.57. The van der Waals surface area contributed by atoms with Gasteiger partial charge in [-0.15, -0.1) is 0 Å². The van der Waals surface area contributed by atoms with Crippen LogP contribution >= 0.6 is 22.6 Å². The number of ether oxygens (including phenoxy) is 1. The van der Waals surface area contributed by atoms with Gasteiger partial charge in [0.25, 0.3) is 0 Å². The SMILES string of the molecule is COc1ncnc2c1nc(N)n2-c1ccc(I)cc1. The smallest absolute Gasteiger partial charge is 0.245 e. The molecule has 0 atom stereocenters. The molecule has 0 aliphatic rings. The van der Waals surface area contributed by atoms with Crippen LogP contribution in [0.2, 0.25) is 0 Å². The van der Waals surface area contributed by atoms with E-state index >= 15 is 0 Å². The van der Waals surface area contributed by atoms with Crippen LogP contribution in [-0.4, -0.2) is 26.6 Å². The van der Waals surface area contributed by atoms with Crippen molar-refractivity contribution in [2.45, 2.75) is 0 Å². The van der Waals surface area contributed by atoms with E-state index in [2.05, 4.69) is 37.5 Å². The van der Waals surface area contributed by atoms with E-state index in [1.165, 1.54) is 6.33 Å². The van der Waals surface area contributed by atoms with Gasteiger partial charge in [0, 0.05) is 3.57 Å². The minimum atomic E-state index is 0.356. The number of hydrogen-bond donors (Lipinski definition) is 1. The quantitative estimate of drug-likeness (QED) is 0.701. The summed E-state index contributed by atoms with van der Waals surface area (Å²) in [5.41, 5.74) is 8.06. The molecule has 0 saturated carbocycles. The number of hydrogen-bond acceptors (Lipinski definition) is 5. The molecule has 0 aliphatic heterocycles. The van der Waals surface area contributed by atoms with Gasteiger partial charge in [-0.3, -0.25) is 4.57 Å². The molecule has 0 aliphatic carbocycles. The van der Waals surface area contributed by atoms with Crippen molar-refractivity contribution in [1.82, 2.24) is 19.5 Å². The summed E-state index contributed by atoms with van der Waals surface area (Å²) in [6.07, 6.45) is 1.44. The molecule has 96 valence electrons. The summed E-state index contributed by atoms with van der Waals surface area (Å²) in [4.78, 5) is 12.5. The van der Waals surface area contributed by atoms with Crippen LogP contribution in [0.1, 0.15) is 0 Å². The summed E-state index contributed by atoms with van der Waals surface area (Å²) < 4.78 is 8.09. The molecule has 0 radical (unpaired) electrons. The van der Waals surface area contributed by atoms with Crippen LogP contribution in [-0.2, 0) is 0 Å². The van der Waals surface area contributed by atoms with Crippen molar-refractivity contribution in [2.75, 3.05) is 12.8 Å². The topological polar surface area (TPSA) is 78.8 Å². The highest BCUT2D eigenvalue weighted by molar-refractivity contribution is 14.1. The highest BCUT2D eigenvalue weighted by Crippen LogP contribution is 2.26. The predicted molar refractivity (Wildman–Crippen MR) is 80.3 cm³/mol. The maximum atomic E-state index is 5.97. The molecule has 0 spiro atoms. The Hall–Kier alpha value is -1.90. The van der Waals surface area contributed by atoms with Crippen LogP contribution in [0.3, 0.4) is 0 Å². The molecule has 0 bridgehead atoms. The highest BCUT2D eigenvalue weighted by Gasteiger charge is 2.15. The second-order valence-electron chi connectivity index (χ2n) is 3.84. The molecule has 1 aromatic carbocycles. The van der Waals surface area contributed by atoms with Gasteiger partial charge in [-0.1, -0.05) is 0 Å². The molecule has 0 unspecified atom stereocenters. The summed E-state index contributed by atoms with van der Waals surface area (Å²) in [6.45, 7) is 0. The van der Waals surface area contributed by atoms with Crippen LogP contribution in [0.5, 0.6) is 5.88 Å². The Bertz CT molecular complexity index is 738. The van der Waals surface area contributed by atoms with E-state index in [-0.39, 0.29) is 0 Å². The monoisotopic (exact) mass is 367 g/mol. The van der Waals surface area contributed by atoms with Crippen LogP contribution in [0.15, 0.2) is 30.6 Å². The first kappa shape index (κ1) is 12.2. The molecule has 2 heterocycles. The normalized spacial score (nSPS) is 10.8. The number of nitrogens with two attached hydrogens (primary N) is 1. The third-order valence-corrected chi connectivity index (χ3v) is 3.43. The predicted octanol–water partition coefficient (Wildman–Crippen LogP) is 2.01. The fourth-order valence-corrected chi connectivity index (χ4v) is 2.24. The van der Waals surface area contributed by atoms with Crippen molar-refractivity contribution in [1.29, 1.82) is 0 Å². The summed E-state index contributed by atoms with van der Waals surface area (Å²) in [5.74, 6) is 0.774. The van der Waals surface area contributed by atoms with Gasteiger partial charge in [0.05, 0.1) is 12.8 Å². The minimum Gasteiger partial charge on any atom is -0.479 e. The molecule has 0 saturated heterocycles. The van der Waals surface area contributed by atoms with Crippen LogP contribution < -0.4 is 10.5 Å². The van der Waals surface area contributed by atoms with E-state index in [1.807, 2.05) is 24.3 Å². The minimum absolute atomic E-state index is 0.356. The number of methoxy groups -OCH3 is 1. The van der Waals surface area contributed by atoms with E-state index in [1.54, 1.807) is 11.7 Å². The number of imidazole rings is 1. The molecule has 19 heavy (non-hydrogen) atoms. The summed E-state index contributed by atoms with van der Waals surface area (Å²) in [6, 6.07) is 7.93. The zero-order valence-corrected chi connectivity index (χ0v) is 12.2. The van der Waals surface area contributed by atoms with Gasteiger partial charge in [-0.2, -0.15) is 4.98 Å². The number of aromatic nitrogens is 4. The first-order chi connectivity index (χ1) is 9.20. The van der Waals surface area contributed by atoms with Gasteiger partial charge in [0.1, 0.15) is 6.33 Å². The average Bonchev–Trinajstić information content (AvgIpc) is 2.76. The van der Waals surface area contributed by atoms with Crippen molar-refractivity contribution in [2.24, 2.45) is 0 Å². The largest absolute Gasteiger partial charge is 0.479 e. The second-order valence-corrected chi connectivity index (χ2v) is 5.08. The van der Waals surface area contributed by atoms with E-state index in [0.29, 0.717) is 23.0 Å². The molecule has 3 aromatic rings. The van der Waals surface area contributed by atoms with Crippen LogP contribution in [0.25, 0.3) is 16.9 Å². The van der Waals surface area contributed by atoms with Crippen LogP contribution in [0, 0.1) is 3.57 Å². The van der Waals surface area contributed by atoms with Crippen molar-refractivity contribution in [3.05, 3.63) is 34.2 Å². The molecule has 2 N–H and O–H groups in total. The van der Waals surface area contributed by atoms with Gasteiger partial charge in [-0.05, 0) is 46.9 Å². The maximum absolute atomic E-state index is 5.97. The Balaban J connectivity index is 2.29. The Labute approximate surface area is 122 Å². The number of anilines is 1. The van der Waals surface area contributed by atoms with Gasteiger partial charge < -0.3 is 10.5 Å². The van der Waals surface area contributed by atoms with Crippen LogP contribution in [0.4, 0.5) is 5.95 Å². The lowest BCUT2D eigenvalue weighted by atomic mass is 10.3. The Morgan fingerprint density at radius 3 is 2.63 bits per heavy atom. The highest BCUT2D eigenvalue weighted by atomic mass is 127.